The molecule has 0 radical (unpaired) electrons. The largest absolute Gasteiger partial charge is 0.497 e. The number of ether oxygens (including phenoxy) is 2. The number of fused-ring (bicyclic) bond motifs is 3. The second-order valence-corrected chi connectivity index (χ2v) is 20.7. The van der Waals surface area contributed by atoms with Crippen molar-refractivity contribution in [1.82, 2.24) is 10.2 Å². The Morgan fingerprint density at radius 2 is 1.73 bits per heavy atom. The van der Waals surface area contributed by atoms with Gasteiger partial charge in [-0.25, -0.2) is 0 Å². The number of aliphatic hydroxyl groups excluding tert-OH is 1. The summed E-state index contributed by atoms with van der Waals surface area (Å²) in [5.74, 6) is -0.0160. The quantitative estimate of drug-likeness (QED) is 0.190. The fraction of sp³-hybridized carbons (Fsp3) is 0.386. The Labute approximate surface area is 323 Å². The van der Waals surface area contributed by atoms with Crippen LogP contribution in [0.15, 0.2) is 97.1 Å². The molecule has 0 unspecified atom stereocenters. The molecule has 4 aliphatic heterocycles. The highest BCUT2D eigenvalue weighted by atomic mass is 28.3. The lowest BCUT2D eigenvalue weighted by Gasteiger charge is -2.39. The van der Waals surface area contributed by atoms with Crippen LogP contribution in [0.4, 0.5) is 17.1 Å². The second-order valence-electron chi connectivity index (χ2n) is 16.0. The Balaban J connectivity index is 1.23. The molecule has 6 atom stereocenters. The summed E-state index contributed by atoms with van der Waals surface area (Å²) in [6.07, 6.45) is 1.72. The molecule has 4 heterocycles. The van der Waals surface area contributed by atoms with Gasteiger partial charge in [-0.3, -0.25) is 19.3 Å². The summed E-state index contributed by atoms with van der Waals surface area (Å²) in [5, 5.41) is 18.1. The van der Waals surface area contributed by atoms with Crippen molar-refractivity contribution in [3.05, 3.63) is 114 Å². The fourth-order valence-electron chi connectivity index (χ4n) is 9.82. The summed E-state index contributed by atoms with van der Waals surface area (Å²) in [6.45, 7) is 7.75. The van der Waals surface area contributed by atoms with Crippen molar-refractivity contribution in [3.63, 3.8) is 0 Å². The normalized spacial score (nSPS) is 25.9. The molecule has 0 bridgehead atoms. The van der Waals surface area contributed by atoms with Gasteiger partial charge < -0.3 is 30.1 Å². The molecule has 2 saturated heterocycles. The summed E-state index contributed by atoms with van der Waals surface area (Å²) in [7, 11) is -0.910. The van der Waals surface area contributed by atoms with Crippen molar-refractivity contribution in [3.8, 4) is 5.75 Å². The minimum Gasteiger partial charge on any atom is -0.497 e. The number of para-hydroxylation sites is 1. The minimum atomic E-state index is -2.56. The molecule has 0 saturated carbocycles. The first-order chi connectivity index (χ1) is 26.6. The molecule has 2 fully saturated rings. The van der Waals surface area contributed by atoms with Gasteiger partial charge in [0.2, 0.25) is 11.8 Å². The van der Waals surface area contributed by atoms with Crippen molar-refractivity contribution in [2.24, 2.45) is 5.92 Å². The van der Waals surface area contributed by atoms with Gasteiger partial charge in [0.15, 0.2) is 5.60 Å². The third-order valence-corrected chi connectivity index (χ3v) is 17.0. The SMILES string of the molecule is COc1ccc([Si](C)(C)[C@@H]2[C@@H](CC(=O)N3Cc4ccccc4C[C@H]3CO)O[C@]3(C(=O)N(c4ccccc4)c4ccc(NC(=O)[C@H]5CCCN5)cc43)[C@H]2C)cc1. The van der Waals surface area contributed by atoms with Gasteiger partial charge in [0.05, 0.1) is 52.1 Å². The van der Waals surface area contributed by atoms with Crippen LogP contribution >= 0.6 is 0 Å². The van der Waals surface area contributed by atoms with E-state index in [1.807, 2.05) is 78.9 Å². The zero-order chi connectivity index (χ0) is 38.5. The second kappa shape index (κ2) is 14.7. The average molecular weight is 759 g/mol. The Kier molecular flexibility index (Phi) is 9.91. The van der Waals surface area contributed by atoms with Crippen molar-refractivity contribution in [2.75, 3.05) is 30.5 Å². The lowest BCUT2D eigenvalue weighted by molar-refractivity contribution is -0.150. The number of amides is 3. The fourth-order valence-corrected chi connectivity index (χ4v) is 13.8. The van der Waals surface area contributed by atoms with Crippen LogP contribution in [0.1, 0.15) is 42.9 Å². The van der Waals surface area contributed by atoms with Crippen LogP contribution in [-0.2, 0) is 37.7 Å². The van der Waals surface area contributed by atoms with Crippen LogP contribution in [0.3, 0.4) is 0 Å². The lowest BCUT2D eigenvalue weighted by Crippen LogP contribution is -2.52. The monoisotopic (exact) mass is 758 g/mol. The number of hydrogen-bond donors (Lipinski definition) is 3. The number of carbonyl (C=O) groups excluding carboxylic acids is 3. The summed E-state index contributed by atoms with van der Waals surface area (Å²) in [4.78, 5) is 46.9. The number of benzene rings is 4. The van der Waals surface area contributed by atoms with Crippen LogP contribution < -0.4 is 25.5 Å². The summed E-state index contributed by atoms with van der Waals surface area (Å²) < 4.78 is 12.8. The van der Waals surface area contributed by atoms with Crippen LogP contribution in [0.25, 0.3) is 0 Å². The van der Waals surface area contributed by atoms with E-state index in [0.29, 0.717) is 35.6 Å². The van der Waals surface area contributed by atoms with E-state index in [1.54, 1.807) is 16.9 Å². The molecular weight excluding hydrogens is 709 g/mol. The van der Waals surface area contributed by atoms with Crippen molar-refractivity contribution in [2.45, 2.75) is 81.6 Å². The van der Waals surface area contributed by atoms with E-state index in [2.05, 4.69) is 48.9 Å². The Morgan fingerprint density at radius 3 is 2.42 bits per heavy atom. The average Bonchev–Trinajstić information content (AvgIpc) is 3.91. The Hall–Kier alpha value is -4.81. The highest BCUT2D eigenvalue weighted by Crippen LogP contribution is 2.61. The molecule has 4 aliphatic rings. The van der Waals surface area contributed by atoms with Gasteiger partial charge in [0.1, 0.15) is 5.75 Å². The third kappa shape index (κ3) is 6.36. The third-order valence-electron chi connectivity index (χ3n) is 12.7. The van der Waals surface area contributed by atoms with E-state index in [9.17, 15) is 14.7 Å². The Bertz CT molecular complexity index is 2090. The number of methoxy groups -OCH3 is 1. The predicted molar refractivity (Wildman–Crippen MR) is 215 cm³/mol. The molecule has 8 rings (SSSR count). The van der Waals surface area contributed by atoms with E-state index in [4.69, 9.17) is 9.47 Å². The molecule has 10 nitrogen and oxygen atoms in total. The predicted octanol–water partition coefficient (Wildman–Crippen LogP) is 5.62. The van der Waals surface area contributed by atoms with Gasteiger partial charge in [-0.05, 0) is 84.9 Å². The molecule has 4 aromatic carbocycles. The lowest BCUT2D eigenvalue weighted by atomic mass is 9.82. The molecule has 3 amide bonds. The summed E-state index contributed by atoms with van der Waals surface area (Å²) >= 11 is 0. The topological polar surface area (TPSA) is 120 Å². The first-order valence-corrected chi connectivity index (χ1v) is 22.5. The van der Waals surface area contributed by atoms with Crippen molar-refractivity contribution < 1.29 is 29.0 Å². The van der Waals surface area contributed by atoms with Gasteiger partial charge >= 0.3 is 0 Å². The van der Waals surface area contributed by atoms with Gasteiger partial charge in [-0.15, -0.1) is 0 Å². The maximum atomic E-state index is 15.4. The number of carbonyl (C=O) groups is 3. The van der Waals surface area contributed by atoms with Crippen LogP contribution in [0, 0.1) is 5.92 Å². The van der Waals surface area contributed by atoms with Crippen LogP contribution in [0.5, 0.6) is 5.75 Å². The van der Waals surface area contributed by atoms with E-state index in [1.165, 1.54) is 5.19 Å². The first kappa shape index (κ1) is 37.1. The van der Waals surface area contributed by atoms with Crippen molar-refractivity contribution in [1.29, 1.82) is 0 Å². The smallest absolute Gasteiger partial charge is 0.268 e. The van der Waals surface area contributed by atoms with E-state index < -0.39 is 19.8 Å². The van der Waals surface area contributed by atoms with Crippen LogP contribution in [0.2, 0.25) is 18.6 Å². The number of aliphatic hydroxyl groups is 1. The molecule has 4 aromatic rings. The van der Waals surface area contributed by atoms with Gasteiger partial charge in [-0.2, -0.15) is 0 Å². The zero-order valence-electron chi connectivity index (χ0n) is 32.0. The number of nitrogens with one attached hydrogen (secondary N) is 2. The maximum Gasteiger partial charge on any atom is 0.268 e. The van der Waals surface area contributed by atoms with Crippen LogP contribution in [-0.4, -0.2) is 74.3 Å². The molecule has 3 N–H and O–H groups in total. The van der Waals surface area contributed by atoms with E-state index in [0.717, 1.165) is 36.3 Å². The van der Waals surface area contributed by atoms with Gasteiger partial charge in [0, 0.05) is 29.4 Å². The number of nitrogens with zero attached hydrogens (tertiary/aromatic N) is 2. The molecule has 286 valence electrons. The number of anilines is 3. The van der Waals surface area contributed by atoms with Gasteiger partial charge in [-0.1, -0.05) is 79.8 Å². The van der Waals surface area contributed by atoms with E-state index >= 15 is 4.79 Å². The molecule has 55 heavy (non-hydrogen) atoms. The van der Waals surface area contributed by atoms with E-state index in [-0.39, 0.29) is 54.3 Å². The molecule has 0 aliphatic carbocycles. The zero-order valence-corrected chi connectivity index (χ0v) is 33.0. The molecule has 0 aromatic heterocycles. The summed E-state index contributed by atoms with van der Waals surface area (Å²) in [5.41, 5.74) is 3.29. The Morgan fingerprint density at radius 1 is 1.00 bits per heavy atom. The summed E-state index contributed by atoms with van der Waals surface area (Å²) in [6, 6.07) is 30.8. The number of rotatable bonds is 9. The minimum absolute atomic E-state index is 0.0553. The molecule has 1 spiro atoms. The van der Waals surface area contributed by atoms with Crippen molar-refractivity contribution >= 4 is 48.0 Å². The maximum absolute atomic E-state index is 15.4. The standard InChI is InChI=1S/C44H50N4O6Si/c1-28-41(55(3,4)35-19-17-34(53-2)18-20-35)39(25-40(50)47-26-30-12-9-8-11-29(30)23-33(47)27-49)54-44(28)36-24-31(46-42(51)37-15-10-22-45-37)16-21-38(36)48(43(44)52)32-13-6-5-7-14-32/h5-9,11-14,16-21,24,28,33,37,39,41,45,49H,10,15,22-23,25-27H2,1-4H3,(H,46,51)/t28-,33-,37+,39+,41-,44+/m0/s1. The highest BCUT2D eigenvalue weighted by molar-refractivity contribution is 6.91. The highest BCUT2D eigenvalue weighted by Gasteiger charge is 2.67. The van der Waals surface area contributed by atoms with Gasteiger partial charge in [0.25, 0.3) is 5.91 Å². The first-order valence-electron chi connectivity index (χ1n) is 19.4. The number of hydrogen-bond acceptors (Lipinski definition) is 7. The molecule has 11 heteroatoms. The molecular formula is C44H50N4O6Si.